The van der Waals surface area contributed by atoms with Gasteiger partial charge < -0.3 is 20.5 Å². The summed E-state index contributed by atoms with van der Waals surface area (Å²) in [4.78, 5) is 43.9. The maximum absolute atomic E-state index is 12.0. The molecule has 8 nitrogen and oxygen atoms in total. The van der Waals surface area contributed by atoms with Gasteiger partial charge in [0.25, 0.3) is 5.56 Å². The first-order valence-corrected chi connectivity index (χ1v) is 7.91. The Hall–Kier alpha value is -2.90. The van der Waals surface area contributed by atoms with Crippen molar-refractivity contribution >= 4 is 23.0 Å². The highest BCUT2D eigenvalue weighted by Crippen LogP contribution is 2.06. The van der Waals surface area contributed by atoms with Crippen LogP contribution in [0.2, 0.25) is 0 Å². The lowest BCUT2D eigenvalue weighted by Crippen LogP contribution is -2.37. The lowest BCUT2D eigenvalue weighted by atomic mass is 10.2. The second kappa shape index (κ2) is 7.12. The third kappa shape index (κ3) is 3.70. The molecule has 0 aliphatic carbocycles. The number of hydrogen-bond acceptors (Lipinski definition) is 4. The molecule has 0 saturated carbocycles. The molecule has 0 spiro atoms. The van der Waals surface area contributed by atoms with Crippen LogP contribution < -0.4 is 16.2 Å². The molecule has 2 aromatic rings. The fourth-order valence-corrected chi connectivity index (χ4v) is 2.61. The molecule has 0 radical (unpaired) electrons. The monoisotopic (exact) mass is 329 g/mol. The van der Waals surface area contributed by atoms with Gasteiger partial charge in [0.15, 0.2) is 0 Å². The summed E-state index contributed by atoms with van der Waals surface area (Å²) >= 11 is 0. The minimum atomic E-state index is -0.268. The number of carbonyl (C=O) groups is 2. The van der Waals surface area contributed by atoms with Crippen LogP contribution >= 0.6 is 0 Å². The summed E-state index contributed by atoms with van der Waals surface area (Å²) in [5.41, 5.74) is 1.46. The van der Waals surface area contributed by atoms with Gasteiger partial charge in [-0.15, -0.1) is 0 Å². The van der Waals surface area contributed by atoms with Gasteiger partial charge in [0.1, 0.15) is 5.69 Å². The maximum Gasteiger partial charge on any atom is 0.317 e. The van der Waals surface area contributed by atoms with Crippen molar-refractivity contribution in [2.75, 3.05) is 26.2 Å². The van der Waals surface area contributed by atoms with Crippen molar-refractivity contribution in [2.24, 2.45) is 0 Å². The summed E-state index contributed by atoms with van der Waals surface area (Å²) < 4.78 is 0. The van der Waals surface area contributed by atoms with E-state index in [1.54, 1.807) is 11.0 Å². The van der Waals surface area contributed by atoms with Crippen LogP contribution in [0.1, 0.15) is 12.1 Å². The summed E-state index contributed by atoms with van der Waals surface area (Å²) in [5, 5.41) is 5.46. The second-order valence-corrected chi connectivity index (χ2v) is 5.60. The van der Waals surface area contributed by atoms with Gasteiger partial charge in [0, 0.05) is 39.0 Å². The van der Waals surface area contributed by atoms with Crippen molar-refractivity contribution in [1.82, 2.24) is 25.5 Å². The molecule has 1 fully saturated rings. The van der Waals surface area contributed by atoms with Crippen molar-refractivity contribution < 1.29 is 9.59 Å². The van der Waals surface area contributed by atoms with Crippen LogP contribution in [0.5, 0.6) is 0 Å². The van der Waals surface area contributed by atoms with E-state index in [9.17, 15) is 14.4 Å². The summed E-state index contributed by atoms with van der Waals surface area (Å²) in [6.07, 6.45) is 0.455. The van der Waals surface area contributed by atoms with Crippen LogP contribution in [0.15, 0.2) is 29.1 Å². The molecule has 0 unspecified atom stereocenters. The summed E-state index contributed by atoms with van der Waals surface area (Å²) in [6.45, 7) is 2.18. The van der Waals surface area contributed by atoms with Gasteiger partial charge in [-0.1, -0.05) is 12.1 Å². The number of hydrogen-bond donors (Lipinski definition) is 3. The number of nitrogens with zero attached hydrogens (tertiary/aromatic N) is 2. The molecule has 2 heterocycles. The van der Waals surface area contributed by atoms with Gasteiger partial charge in [-0.05, 0) is 12.1 Å². The summed E-state index contributed by atoms with van der Waals surface area (Å²) in [5.74, 6) is -0.163. The van der Waals surface area contributed by atoms with Gasteiger partial charge in [0.05, 0.1) is 11.0 Å². The SMILES string of the molecule is O=C(CCc1nc2ccccc2[nH]c1=O)NCCN1CCNC1=O. The number of para-hydroxylation sites is 2. The van der Waals surface area contributed by atoms with Crippen LogP contribution in [0.25, 0.3) is 11.0 Å². The number of H-pyrrole nitrogens is 1. The normalized spacial score (nSPS) is 14.0. The molecule has 1 aromatic heterocycles. The summed E-state index contributed by atoms with van der Waals surface area (Å²) in [7, 11) is 0. The van der Waals surface area contributed by atoms with E-state index >= 15 is 0 Å². The van der Waals surface area contributed by atoms with Crippen molar-refractivity contribution in [1.29, 1.82) is 0 Å². The Labute approximate surface area is 138 Å². The number of carbonyl (C=O) groups excluding carboxylic acids is 2. The van der Waals surface area contributed by atoms with E-state index in [0.717, 1.165) is 0 Å². The van der Waals surface area contributed by atoms with Gasteiger partial charge in [-0.3, -0.25) is 9.59 Å². The molecule has 3 rings (SSSR count). The number of aryl methyl sites for hydroxylation is 1. The average molecular weight is 329 g/mol. The fourth-order valence-electron chi connectivity index (χ4n) is 2.61. The van der Waals surface area contributed by atoms with Crippen molar-refractivity contribution in [3.63, 3.8) is 0 Å². The standard InChI is InChI=1S/C16H19N5O3/c22-14(17-7-9-21-10-8-18-16(21)24)6-5-13-15(23)20-12-4-2-1-3-11(12)19-13/h1-4H,5-10H2,(H,17,22)(H,18,24)(H,20,23). The van der Waals surface area contributed by atoms with Gasteiger partial charge in [-0.25, -0.2) is 9.78 Å². The molecule has 1 saturated heterocycles. The molecule has 0 atom stereocenters. The molecular formula is C16H19N5O3. The maximum atomic E-state index is 12.0. The molecule has 24 heavy (non-hydrogen) atoms. The van der Waals surface area contributed by atoms with Crippen molar-refractivity contribution in [2.45, 2.75) is 12.8 Å². The Bertz CT molecular complexity index is 817. The molecule has 3 amide bonds. The Balaban J connectivity index is 1.50. The van der Waals surface area contributed by atoms with E-state index in [1.807, 2.05) is 18.2 Å². The van der Waals surface area contributed by atoms with Crippen LogP contribution in [0.4, 0.5) is 4.79 Å². The van der Waals surface area contributed by atoms with Gasteiger partial charge in [0.2, 0.25) is 5.91 Å². The number of rotatable bonds is 6. The Morgan fingerprint density at radius 1 is 1.29 bits per heavy atom. The average Bonchev–Trinajstić information content (AvgIpc) is 2.98. The van der Waals surface area contributed by atoms with E-state index in [-0.39, 0.29) is 30.3 Å². The molecule has 1 aromatic carbocycles. The topological polar surface area (TPSA) is 107 Å². The minimum Gasteiger partial charge on any atom is -0.354 e. The van der Waals surface area contributed by atoms with E-state index in [0.29, 0.717) is 42.9 Å². The van der Waals surface area contributed by atoms with Crippen molar-refractivity contribution in [3.05, 3.63) is 40.3 Å². The zero-order valence-corrected chi connectivity index (χ0v) is 13.2. The lowest BCUT2D eigenvalue weighted by molar-refractivity contribution is -0.121. The number of urea groups is 1. The number of amides is 3. The van der Waals surface area contributed by atoms with Crippen LogP contribution in [-0.4, -0.2) is 53.0 Å². The fraction of sp³-hybridized carbons (Fsp3) is 0.375. The van der Waals surface area contributed by atoms with Crippen LogP contribution in [0, 0.1) is 0 Å². The first-order chi connectivity index (χ1) is 11.6. The third-order valence-electron chi connectivity index (χ3n) is 3.91. The van der Waals surface area contributed by atoms with E-state index < -0.39 is 0 Å². The lowest BCUT2D eigenvalue weighted by Gasteiger charge is -2.14. The molecule has 1 aliphatic rings. The Morgan fingerprint density at radius 3 is 2.92 bits per heavy atom. The molecule has 8 heteroatoms. The van der Waals surface area contributed by atoms with Crippen molar-refractivity contribution in [3.8, 4) is 0 Å². The van der Waals surface area contributed by atoms with E-state index in [2.05, 4.69) is 20.6 Å². The smallest absolute Gasteiger partial charge is 0.317 e. The number of aromatic nitrogens is 2. The largest absolute Gasteiger partial charge is 0.354 e. The predicted molar refractivity (Wildman–Crippen MR) is 88.7 cm³/mol. The second-order valence-electron chi connectivity index (χ2n) is 5.60. The first kappa shape index (κ1) is 16.0. The first-order valence-electron chi connectivity index (χ1n) is 7.91. The highest BCUT2D eigenvalue weighted by atomic mass is 16.2. The zero-order chi connectivity index (χ0) is 16.9. The molecule has 126 valence electrons. The van der Waals surface area contributed by atoms with Gasteiger partial charge in [-0.2, -0.15) is 0 Å². The van der Waals surface area contributed by atoms with E-state index in [4.69, 9.17) is 0 Å². The molecule has 0 bridgehead atoms. The number of benzene rings is 1. The number of nitrogens with one attached hydrogen (secondary N) is 3. The molecular weight excluding hydrogens is 310 g/mol. The number of fused-ring (bicyclic) bond motifs is 1. The molecule has 1 aliphatic heterocycles. The summed E-state index contributed by atoms with van der Waals surface area (Å²) in [6, 6.07) is 7.17. The van der Waals surface area contributed by atoms with Gasteiger partial charge >= 0.3 is 6.03 Å². The number of aromatic amines is 1. The molecule has 3 N–H and O–H groups in total. The van der Waals surface area contributed by atoms with E-state index in [1.165, 1.54) is 0 Å². The highest BCUT2D eigenvalue weighted by molar-refractivity contribution is 5.77. The minimum absolute atomic E-state index is 0.101. The Morgan fingerprint density at radius 2 is 2.12 bits per heavy atom. The van der Waals surface area contributed by atoms with Crippen LogP contribution in [0.3, 0.4) is 0 Å². The third-order valence-corrected chi connectivity index (χ3v) is 3.91. The highest BCUT2D eigenvalue weighted by Gasteiger charge is 2.18. The predicted octanol–water partition coefficient (Wildman–Crippen LogP) is -0.00290. The Kier molecular flexibility index (Phi) is 4.74. The quantitative estimate of drug-likeness (QED) is 0.693. The van der Waals surface area contributed by atoms with Crippen LogP contribution in [-0.2, 0) is 11.2 Å². The zero-order valence-electron chi connectivity index (χ0n) is 13.2.